The number of nitrogens with zero attached hydrogens (tertiary/aromatic N) is 4. The maximum Gasteiger partial charge on any atom is 0.271 e. The third-order valence-electron chi connectivity index (χ3n) is 5.46. The van der Waals surface area contributed by atoms with Gasteiger partial charge in [-0.3, -0.25) is 10.2 Å². The number of hydrogen-bond donors (Lipinski definition) is 5. The van der Waals surface area contributed by atoms with E-state index in [2.05, 4.69) is 30.9 Å². The van der Waals surface area contributed by atoms with Crippen molar-refractivity contribution < 1.29 is 4.79 Å². The number of aromatic nitrogens is 2. The molecule has 0 radical (unpaired) electrons. The van der Waals surface area contributed by atoms with Gasteiger partial charge in [-0.25, -0.2) is 15.0 Å². The minimum Gasteiger partial charge on any atom is -0.384 e. The molecule has 1 aromatic rings. The average Bonchev–Trinajstić information content (AvgIpc) is 3.30. The fourth-order valence-corrected chi connectivity index (χ4v) is 3.76. The Hall–Kier alpha value is -3.32. The number of rotatable bonds is 8. The summed E-state index contributed by atoms with van der Waals surface area (Å²) in [6, 6.07) is 2.01. The lowest BCUT2D eigenvalue weighted by Crippen LogP contribution is -2.42. The van der Waals surface area contributed by atoms with Gasteiger partial charge < -0.3 is 21.7 Å². The molecule has 1 unspecified atom stereocenters. The molecule has 1 saturated carbocycles. The molecule has 1 aliphatic carbocycles. The number of amidine groups is 1. The van der Waals surface area contributed by atoms with Crippen molar-refractivity contribution in [3.63, 3.8) is 0 Å². The van der Waals surface area contributed by atoms with Crippen molar-refractivity contribution in [3.8, 4) is 6.07 Å². The zero-order chi connectivity index (χ0) is 22.1. The van der Waals surface area contributed by atoms with Crippen molar-refractivity contribution in [3.05, 3.63) is 29.9 Å². The molecule has 0 aromatic carbocycles. The van der Waals surface area contributed by atoms with E-state index in [1.54, 1.807) is 0 Å². The highest BCUT2D eigenvalue weighted by Crippen LogP contribution is 2.17. The van der Waals surface area contributed by atoms with Crippen molar-refractivity contribution in [2.24, 2.45) is 16.6 Å². The quantitative estimate of drug-likeness (QED) is 0.306. The fourth-order valence-electron chi connectivity index (χ4n) is 3.76. The third-order valence-corrected chi connectivity index (χ3v) is 5.46. The fraction of sp³-hybridized carbons (Fsp3) is 0.524. The van der Waals surface area contributed by atoms with Crippen LogP contribution in [-0.4, -0.2) is 53.1 Å². The van der Waals surface area contributed by atoms with Crippen LogP contribution in [0.1, 0.15) is 44.2 Å². The molecule has 1 aromatic heterocycles. The van der Waals surface area contributed by atoms with Crippen molar-refractivity contribution in [2.75, 3.05) is 19.6 Å². The largest absolute Gasteiger partial charge is 0.384 e. The number of nitriles is 1. The molecule has 6 N–H and O–H groups in total. The third kappa shape index (κ3) is 6.86. The van der Waals surface area contributed by atoms with Gasteiger partial charge in [0.2, 0.25) is 0 Å². The first-order chi connectivity index (χ1) is 15.0. The van der Waals surface area contributed by atoms with Crippen LogP contribution in [0, 0.1) is 22.7 Å². The molecule has 1 aliphatic heterocycles. The Balaban J connectivity index is 1.73. The molecule has 1 amide bonds. The molecule has 2 fully saturated rings. The molecular formula is C21H29N9O. The van der Waals surface area contributed by atoms with Crippen LogP contribution in [0.3, 0.4) is 0 Å². The summed E-state index contributed by atoms with van der Waals surface area (Å²) >= 11 is 0. The van der Waals surface area contributed by atoms with Crippen molar-refractivity contribution in [2.45, 2.75) is 44.6 Å². The summed E-state index contributed by atoms with van der Waals surface area (Å²) < 4.78 is 0. The molecule has 2 aliphatic rings. The monoisotopic (exact) mass is 423 g/mol. The number of piperidine rings is 1. The van der Waals surface area contributed by atoms with E-state index in [1.807, 2.05) is 6.07 Å². The van der Waals surface area contributed by atoms with Crippen molar-refractivity contribution in [1.29, 1.82) is 10.7 Å². The summed E-state index contributed by atoms with van der Waals surface area (Å²) in [5, 5.41) is 26.8. The predicted molar refractivity (Wildman–Crippen MR) is 118 cm³/mol. The normalized spacial score (nSPS) is 20.2. The number of nitrogens with one attached hydrogen (secondary N) is 4. The SMILES string of the molecule is N#Cc1cnc(N=C(N)/C=C(/NCC2CCCNC2)C(=N)C(=O)NC2CCCC2)cn1. The van der Waals surface area contributed by atoms with Crippen LogP contribution < -0.4 is 21.7 Å². The summed E-state index contributed by atoms with van der Waals surface area (Å²) in [5.41, 5.74) is 6.39. The first kappa shape index (κ1) is 22.4. The van der Waals surface area contributed by atoms with Crippen LogP contribution in [0.5, 0.6) is 0 Å². The van der Waals surface area contributed by atoms with E-state index in [0.717, 1.165) is 51.6 Å². The summed E-state index contributed by atoms with van der Waals surface area (Å²) in [7, 11) is 0. The van der Waals surface area contributed by atoms with Gasteiger partial charge in [-0.1, -0.05) is 12.8 Å². The van der Waals surface area contributed by atoms with E-state index in [4.69, 9.17) is 16.4 Å². The Morgan fingerprint density at radius 1 is 1.32 bits per heavy atom. The van der Waals surface area contributed by atoms with Crippen molar-refractivity contribution >= 4 is 23.3 Å². The number of hydrogen-bond acceptors (Lipinski definition) is 8. The zero-order valence-corrected chi connectivity index (χ0v) is 17.5. The van der Waals surface area contributed by atoms with E-state index in [9.17, 15) is 4.79 Å². The first-order valence-electron chi connectivity index (χ1n) is 10.7. The van der Waals surface area contributed by atoms with Crippen LogP contribution >= 0.6 is 0 Å². The Labute approximate surface area is 181 Å². The lowest BCUT2D eigenvalue weighted by Gasteiger charge is -2.24. The zero-order valence-electron chi connectivity index (χ0n) is 17.5. The second-order valence-corrected chi connectivity index (χ2v) is 7.89. The van der Waals surface area contributed by atoms with Crippen molar-refractivity contribution in [1.82, 2.24) is 25.9 Å². The van der Waals surface area contributed by atoms with Gasteiger partial charge in [-0.05, 0) is 44.7 Å². The van der Waals surface area contributed by atoms with Gasteiger partial charge in [0, 0.05) is 18.7 Å². The van der Waals surface area contributed by atoms with E-state index >= 15 is 0 Å². The number of nitrogens with two attached hydrogens (primary N) is 1. The molecule has 10 heteroatoms. The van der Waals surface area contributed by atoms with Gasteiger partial charge in [-0.2, -0.15) is 5.26 Å². The highest BCUT2D eigenvalue weighted by molar-refractivity contribution is 6.44. The smallest absolute Gasteiger partial charge is 0.271 e. The van der Waals surface area contributed by atoms with Crippen LogP contribution in [0.2, 0.25) is 0 Å². The molecule has 1 saturated heterocycles. The predicted octanol–water partition coefficient (Wildman–Crippen LogP) is 0.889. The molecule has 31 heavy (non-hydrogen) atoms. The minimum absolute atomic E-state index is 0.0849. The maximum atomic E-state index is 12.6. The molecule has 0 bridgehead atoms. The van der Waals surface area contributed by atoms with Gasteiger partial charge in [-0.15, -0.1) is 0 Å². The average molecular weight is 424 g/mol. The molecule has 164 valence electrons. The molecule has 1 atom stereocenters. The number of carbonyl (C=O) groups is 1. The first-order valence-corrected chi connectivity index (χ1v) is 10.7. The summed E-state index contributed by atoms with van der Waals surface area (Å²) in [6.07, 6.45) is 10.4. The van der Waals surface area contributed by atoms with E-state index in [-0.39, 0.29) is 29.1 Å². The van der Waals surface area contributed by atoms with E-state index in [1.165, 1.54) is 18.5 Å². The second-order valence-electron chi connectivity index (χ2n) is 7.89. The van der Waals surface area contributed by atoms with Gasteiger partial charge in [0.05, 0.1) is 18.1 Å². The minimum atomic E-state index is -0.418. The van der Waals surface area contributed by atoms with Crippen LogP contribution in [-0.2, 0) is 4.79 Å². The highest BCUT2D eigenvalue weighted by atomic mass is 16.1. The number of carbonyl (C=O) groups excluding carboxylic acids is 1. The van der Waals surface area contributed by atoms with E-state index < -0.39 is 5.91 Å². The van der Waals surface area contributed by atoms with Crippen LogP contribution in [0.15, 0.2) is 29.2 Å². The van der Waals surface area contributed by atoms with Crippen LogP contribution in [0.25, 0.3) is 0 Å². The molecule has 0 spiro atoms. The van der Waals surface area contributed by atoms with Gasteiger partial charge in [0.15, 0.2) is 11.5 Å². The molecule has 10 nitrogen and oxygen atoms in total. The standard InChI is InChI=1S/C21H29N9O/c22-9-16-12-28-19(13-26-16)30-18(23)8-17(27-11-14-4-3-7-25-10-14)20(24)21(31)29-15-5-1-2-6-15/h8,12-15,24-25,27H,1-7,10-11H2,(H,29,31)(H2,23,28,30)/b17-8+,24-20?. The lowest BCUT2D eigenvalue weighted by molar-refractivity contribution is -0.115. The Kier molecular flexibility index (Phi) is 8.06. The summed E-state index contributed by atoms with van der Waals surface area (Å²) in [4.78, 5) is 24.7. The molecule has 3 rings (SSSR count). The van der Waals surface area contributed by atoms with Crippen LogP contribution in [0.4, 0.5) is 5.82 Å². The van der Waals surface area contributed by atoms with Gasteiger partial charge in [0.25, 0.3) is 5.91 Å². The van der Waals surface area contributed by atoms with E-state index in [0.29, 0.717) is 18.2 Å². The number of aliphatic imine (C=N–C) groups is 1. The Morgan fingerprint density at radius 3 is 2.77 bits per heavy atom. The number of amides is 1. The lowest BCUT2D eigenvalue weighted by atomic mass is 9.99. The Bertz CT molecular complexity index is 873. The maximum absolute atomic E-state index is 12.6. The van der Waals surface area contributed by atoms with Gasteiger partial charge >= 0.3 is 0 Å². The summed E-state index contributed by atoms with van der Waals surface area (Å²) in [6.45, 7) is 2.54. The highest BCUT2D eigenvalue weighted by Gasteiger charge is 2.22. The Morgan fingerprint density at radius 2 is 2.13 bits per heavy atom. The molecular weight excluding hydrogens is 394 g/mol. The summed E-state index contributed by atoms with van der Waals surface area (Å²) in [5.74, 6) is 0.316. The molecule has 2 heterocycles. The second kappa shape index (κ2) is 11.2. The van der Waals surface area contributed by atoms with Gasteiger partial charge in [0.1, 0.15) is 17.6 Å². The topological polar surface area (TPSA) is 165 Å².